The Bertz CT molecular complexity index is 486. The van der Waals surface area contributed by atoms with Crippen LogP contribution in [0.5, 0.6) is 0 Å². The average Bonchev–Trinajstić information content (AvgIpc) is 3.34. The zero-order chi connectivity index (χ0) is 17.2. The van der Waals surface area contributed by atoms with Gasteiger partial charge in [-0.1, -0.05) is 74.2 Å². The van der Waals surface area contributed by atoms with Gasteiger partial charge in [-0.2, -0.15) is 0 Å². The molecule has 4 heteroatoms. The van der Waals surface area contributed by atoms with Gasteiger partial charge in [-0.05, 0) is 30.7 Å². The van der Waals surface area contributed by atoms with Crippen molar-refractivity contribution >= 4 is 21.9 Å². The van der Waals surface area contributed by atoms with Crippen LogP contribution in [-0.2, 0) is 9.47 Å². The van der Waals surface area contributed by atoms with Crippen molar-refractivity contribution < 1.29 is 14.3 Å². The molecule has 0 bridgehead atoms. The first kappa shape index (κ1) is 19.5. The highest BCUT2D eigenvalue weighted by Crippen LogP contribution is 2.28. The smallest absolute Gasteiger partial charge is 0.338 e. The van der Waals surface area contributed by atoms with E-state index in [4.69, 9.17) is 9.47 Å². The summed E-state index contributed by atoms with van der Waals surface area (Å²) in [5, 5.41) is 0. The second kappa shape index (κ2) is 10.9. The van der Waals surface area contributed by atoms with E-state index >= 15 is 0 Å². The standard InChI is InChI=1S/C20H29BrO3/c1-2-3-4-5-6-7-8-9-10-18-19(24-18)15-23-20(22)16-11-13-17(21)14-12-16/h11-14,18-19H,2-10,15H2,1H3/t18-,19+/m1/s1. The number of ether oxygens (including phenoxy) is 2. The molecule has 0 aliphatic carbocycles. The number of carbonyl (C=O) groups excluding carboxylic acids is 1. The Labute approximate surface area is 154 Å². The fraction of sp³-hybridized carbons (Fsp3) is 0.650. The highest BCUT2D eigenvalue weighted by molar-refractivity contribution is 9.10. The van der Waals surface area contributed by atoms with Gasteiger partial charge in [-0.3, -0.25) is 0 Å². The average molecular weight is 397 g/mol. The van der Waals surface area contributed by atoms with Crippen LogP contribution in [0, 0.1) is 0 Å². The number of benzene rings is 1. The van der Waals surface area contributed by atoms with Crippen LogP contribution in [0.25, 0.3) is 0 Å². The molecule has 1 heterocycles. The third kappa shape index (κ3) is 7.35. The molecule has 24 heavy (non-hydrogen) atoms. The number of rotatable bonds is 12. The van der Waals surface area contributed by atoms with E-state index in [1.165, 1.54) is 51.4 Å². The number of hydrogen-bond donors (Lipinski definition) is 0. The molecule has 1 saturated heterocycles. The predicted molar refractivity (Wildman–Crippen MR) is 100 cm³/mol. The lowest BCUT2D eigenvalue weighted by Crippen LogP contribution is -2.11. The minimum absolute atomic E-state index is 0.106. The van der Waals surface area contributed by atoms with Gasteiger partial charge in [0.25, 0.3) is 0 Å². The monoisotopic (exact) mass is 396 g/mol. The van der Waals surface area contributed by atoms with E-state index in [9.17, 15) is 4.79 Å². The van der Waals surface area contributed by atoms with Gasteiger partial charge in [-0.15, -0.1) is 0 Å². The van der Waals surface area contributed by atoms with Crippen molar-refractivity contribution in [2.45, 2.75) is 76.9 Å². The molecule has 1 aliphatic heterocycles. The first-order valence-electron chi connectivity index (χ1n) is 9.29. The molecule has 0 spiro atoms. The Morgan fingerprint density at radius 2 is 1.62 bits per heavy atom. The highest BCUT2D eigenvalue weighted by atomic mass is 79.9. The number of halogens is 1. The maximum atomic E-state index is 11.9. The molecule has 0 saturated carbocycles. The summed E-state index contributed by atoms with van der Waals surface area (Å²) in [4.78, 5) is 11.9. The third-order valence-electron chi connectivity index (χ3n) is 4.49. The predicted octanol–water partition coefficient (Wildman–Crippen LogP) is 5.90. The summed E-state index contributed by atoms with van der Waals surface area (Å²) in [6, 6.07) is 7.21. The molecule has 1 aromatic rings. The molecule has 0 aromatic heterocycles. The second-order valence-corrected chi connectivity index (χ2v) is 7.50. The van der Waals surface area contributed by atoms with Crippen LogP contribution in [-0.4, -0.2) is 24.8 Å². The van der Waals surface area contributed by atoms with E-state index in [1.807, 2.05) is 12.1 Å². The normalized spacial score (nSPS) is 19.2. The summed E-state index contributed by atoms with van der Waals surface area (Å²) in [6.45, 7) is 2.62. The minimum Gasteiger partial charge on any atom is -0.459 e. The van der Waals surface area contributed by atoms with Gasteiger partial charge in [0.05, 0.1) is 11.7 Å². The third-order valence-corrected chi connectivity index (χ3v) is 5.02. The molecule has 134 valence electrons. The van der Waals surface area contributed by atoms with Crippen molar-refractivity contribution in [1.82, 2.24) is 0 Å². The number of esters is 1. The number of carbonyl (C=O) groups is 1. The number of unbranched alkanes of at least 4 members (excludes halogenated alkanes) is 7. The van der Waals surface area contributed by atoms with Crippen LogP contribution in [0.1, 0.15) is 75.1 Å². The van der Waals surface area contributed by atoms with Crippen molar-refractivity contribution in [1.29, 1.82) is 0 Å². The van der Waals surface area contributed by atoms with Gasteiger partial charge in [0.2, 0.25) is 0 Å². The molecule has 0 radical (unpaired) electrons. The Morgan fingerprint density at radius 1 is 1.00 bits per heavy atom. The molecule has 3 nitrogen and oxygen atoms in total. The zero-order valence-corrected chi connectivity index (χ0v) is 16.2. The molecule has 0 N–H and O–H groups in total. The quantitative estimate of drug-likeness (QED) is 0.250. The summed E-state index contributed by atoms with van der Waals surface area (Å²) in [5.74, 6) is -0.274. The van der Waals surface area contributed by atoms with Crippen molar-refractivity contribution in [2.75, 3.05) is 6.61 Å². The first-order valence-corrected chi connectivity index (χ1v) is 10.1. The summed E-state index contributed by atoms with van der Waals surface area (Å²) in [5.41, 5.74) is 0.582. The summed E-state index contributed by atoms with van der Waals surface area (Å²) < 4.78 is 11.9. The Balaban J connectivity index is 1.47. The SMILES string of the molecule is CCCCCCCCCC[C@H]1O[C@H]1COC(=O)c1ccc(Br)cc1. The van der Waals surface area contributed by atoms with Crippen LogP contribution in [0.2, 0.25) is 0 Å². The lowest BCUT2D eigenvalue weighted by atomic mass is 10.1. The summed E-state index contributed by atoms with van der Waals surface area (Å²) in [6.07, 6.45) is 12.1. The largest absolute Gasteiger partial charge is 0.459 e. The van der Waals surface area contributed by atoms with E-state index in [0.29, 0.717) is 18.3 Å². The fourth-order valence-corrected chi connectivity index (χ4v) is 3.15. The molecular weight excluding hydrogens is 368 g/mol. The first-order chi connectivity index (χ1) is 11.7. The molecule has 1 aromatic carbocycles. The molecule has 1 aliphatic rings. The number of hydrogen-bond acceptors (Lipinski definition) is 3. The molecular formula is C20H29BrO3. The van der Waals surface area contributed by atoms with Crippen LogP contribution >= 0.6 is 15.9 Å². The van der Waals surface area contributed by atoms with Gasteiger partial charge in [0.15, 0.2) is 0 Å². The van der Waals surface area contributed by atoms with Crippen molar-refractivity contribution in [3.8, 4) is 0 Å². The fourth-order valence-electron chi connectivity index (χ4n) is 2.89. The second-order valence-electron chi connectivity index (χ2n) is 6.58. The van der Waals surface area contributed by atoms with Crippen molar-refractivity contribution in [3.05, 3.63) is 34.3 Å². The lowest BCUT2D eigenvalue weighted by molar-refractivity contribution is 0.0476. The Kier molecular flexibility index (Phi) is 8.82. The highest BCUT2D eigenvalue weighted by Gasteiger charge is 2.39. The zero-order valence-electron chi connectivity index (χ0n) is 14.6. The molecule has 0 unspecified atom stereocenters. The van der Waals surface area contributed by atoms with E-state index in [1.54, 1.807) is 12.1 Å². The minimum atomic E-state index is -0.274. The summed E-state index contributed by atoms with van der Waals surface area (Å²) in [7, 11) is 0. The summed E-state index contributed by atoms with van der Waals surface area (Å²) >= 11 is 3.35. The van der Waals surface area contributed by atoms with Crippen LogP contribution in [0.3, 0.4) is 0 Å². The molecule has 1 fully saturated rings. The lowest BCUT2D eigenvalue weighted by Gasteiger charge is -2.03. The van der Waals surface area contributed by atoms with Crippen LogP contribution < -0.4 is 0 Å². The Hall–Kier alpha value is -0.870. The van der Waals surface area contributed by atoms with Gasteiger partial charge in [0, 0.05) is 4.47 Å². The van der Waals surface area contributed by atoms with Crippen molar-refractivity contribution in [2.24, 2.45) is 0 Å². The van der Waals surface area contributed by atoms with Crippen LogP contribution in [0.4, 0.5) is 0 Å². The number of epoxide rings is 1. The topological polar surface area (TPSA) is 38.8 Å². The van der Waals surface area contributed by atoms with Gasteiger partial charge in [-0.25, -0.2) is 4.79 Å². The Morgan fingerprint density at radius 3 is 2.29 bits per heavy atom. The maximum Gasteiger partial charge on any atom is 0.338 e. The molecule has 0 amide bonds. The van der Waals surface area contributed by atoms with Gasteiger partial charge >= 0.3 is 5.97 Å². The molecule has 2 rings (SSSR count). The van der Waals surface area contributed by atoms with Gasteiger partial charge in [0.1, 0.15) is 12.7 Å². The molecule has 2 atom stereocenters. The van der Waals surface area contributed by atoms with Crippen LogP contribution in [0.15, 0.2) is 28.7 Å². The van der Waals surface area contributed by atoms with Gasteiger partial charge < -0.3 is 9.47 Å². The van der Waals surface area contributed by atoms with E-state index in [2.05, 4.69) is 22.9 Å². The van der Waals surface area contributed by atoms with Crippen molar-refractivity contribution in [3.63, 3.8) is 0 Å². The van der Waals surface area contributed by atoms with E-state index in [0.717, 1.165) is 10.9 Å². The van der Waals surface area contributed by atoms with E-state index in [-0.39, 0.29) is 12.1 Å². The maximum absolute atomic E-state index is 11.9. The van der Waals surface area contributed by atoms with E-state index < -0.39 is 0 Å².